The van der Waals surface area contributed by atoms with E-state index in [0.29, 0.717) is 5.41 Å². The van der Waals surface area contributed by atoms with Gasteiger partial charge in [0.1, 0.15) is 0 Å². The summed E-state index contributed by atoms with van der Waals surface area (Å²) in [5.41, 5.74) is 2.09. The van der Waals surface area contributed by atoms with Crippen molar-refractivity contribution in [2.45, 2.75) is 51.9 Å². The zero-order chi connectivity index (χ0) is 10.7. The number of rotatable bonds is 1. The Balaban J connectivity index is 2.15. The van der Waals surface area contributed by atoms with Crippen LogP contribution in [-0.4, -0.2) is 0 Å². The summed E-state index contributed by atoms with van der Waals surface area (Å²) in [5.74, 6) is 0.795. The Kier molecular flexibility index (Phi) is 3.14. The highest BCUT2D eigenvalue weighted by atomic mass is 14.3. The summed E-state index contributed by atoms with van der Waals surface area (Å²) in [6.45, 7) is 4.85. The third-order valence-electron chi connectivity index (χ3n) is 3.73. The second kappa shape index (κ2) is 4.38. The fraction of sp³-hybridized carbons (Fsp3) is 0.600. The predicted octanol–water partition coefficient (Wildman–Crippen LogP) is 4.76. The van der Waals surface area contributed by atoms with E-state index in [0.717, 1.165) is 5.92 Å². The summed E-state index contributed by atoms with van der Waals surface area (Å²) >= 11 is 0. The van der Waals surface area contributed by atoms with Gasteiger partial charge in [0.05, 0.1) is 0 Å². The van der Waals surface area contributed by atoms with Crippen LogP contribution in [0, 0.1) is 5.41 Å². The topological polar surface area (TPSA) is 0 Å². The van der Waals surface area contributed by atoms with Gasteiger partial charge in [-0.1, -0.05) is 57.0 Å². The van der Waals surface area contributed by atoms with Crippen LogP contribution in [0.5, 0.6) is 0 Å². The molecule has 1 fully saturated rings. The molecule has 0 spiro atoms. The van der Waals surface area contributed by atoms with Gasteiger partial charge in [-0.05, 0) is 36.2 Å². The summed E-state index contributed by atoms with van der Waals surface area (Å²) < 4.78 is 0. The Morgan fingerprint density at radius 3 is 2.53 bits per heavy atom. The quantitative estimate of drug-likeness (QED) is 0.576. The Bertz CT molecular complexity index is 297. The van der Waals surface area contributed by atoms with Crippen molar-refractivity contribution in [1.82, 2.24) is 0 Å². The fourth-order valence-electron chi connectivity index (χ4n) is 2.88. The molecule has 0 amide bonds. The normalized spacial score (nSPS) is 25.9. The van der Waals surface area contributed by atoms with Gasteiger partial charge in [-0.25, -0.2) is 0 Å². The van der Waals surface area contributed by atoms with E-state index in [1.807, 2.05) is 0 Å². The van der Waals surface area contributed by atoms with Crippen LogP contribution in [0.2, 0.25) is 0 Å². The first-order valence-corrected chi connectivity index (χ1v) is 6.22. The molecule has 0 nitrogen and oxygen atoms in total. The van der Waals surface area contributed by atoms with E-state index in [1.165, 1.54) is 32.1 Å². The molecule has 1 aliphatic rings. The zero-order valence-electron chi connectivity index (χ0n) is 10.00. The lowest BCUT2D eigenvalue weighted by Crippen LogP contribution is -2.13. The molecule has 0 N–H and O–H groups in total. The molecular weight excluding hydrogens is 180 g/mol. The van der Waals surface area contributed by atoms with Crippen molar-refractivity contribution in [2.75, 3.05) is 0 Å². The van der Waals surface area contributed by atoms with Crippen molar-refractivity contribution in [3.8, 4) is 0 Å². The summed E-state index contributed by atoms with van der Waals surface area (Å²) in [4.78, 5) is 0. The number of benzene rings is 1. The molecule has 0 saturated heterocycles. The molecule has 1 aromatic rings. The monoisotopic (exact) mass is 202 g/mol. The molecule has 1 aliphatic carbocycles. The molecule has 0 bridgehead atoms. The largest absolute Gasteiger partial charge is 0.0622 e. The van der Waals surface area contributed by atoms with E-state index in [1.54, 1.807) is 5.56 Å². The van der Waals surface area contributed by atoms with Crippen molar-refractivity contribution in [2.24, 2.45) is 5.41 Å². The minimum Gasteiger partial charge on any atom is -0.0622 e. The maximum absolute atomic E-state index is 2.42. The maximum atomic E-state index is 2.42. The van der Waals surface area contributed by atoms with Gasteiger partial charge >= 0.3 is 0 Å². The van der Waals surface area contributed by atoms with E-state index >= 15 is 0 Å². The highest BCUT2D eigenvalue weighted by Gasteiger charge is 2.26. The molecule has 82 valence electrons. The minimum absolute atomic E-state index is 0.539. The van der Waals surface area contributed by atoms with Gasteiger partial charge in [0, 0.05) is 0 Å². The number of hydrogen-bond acceptors (Lipinski definition) is 0. The average molecular weight is 202 g/mol. The van der Waals surface area contributed by atoms with Crippen LogP contribution >= 0.6 is 0 Å². The minimum atomic E-state index is 0.539. The molecule has 0 heterocycles. The van der Waals surface area contributed by atoms with Crippen LogP contribution in [0.1, 0.15) is 57.4 Å². The lowest BCUT2D eigenvalue weighted by Gasteiger charge is -2.26. The molecule has 0 aromatic heterocycles. The smallest absolute Gasteiger partial charge is 0.0157 e. The standard InChI is InChI=1S/C15H22/c1-15(2)11-7-6-10-14(12-15)13-8-4-3-5-9-13/h3-5,8-9,14H,6-7,10-12H2,1-2H3/t14-/m1/s1. The third kappa shape index (κ3) is 2.84. The van der Waals surface area contributed by atoms with Gasteiger partial charge in [-0.2, -0.15) is 0 Å². The summed E-state index contributed by atoms with van der Waals surface area (Å²) in [5, 5.41) is 0. The van der Waals surface area contributed by atoms with Crippen molar-refractivity contribution >= 4 is 0 Å². The molecule has 2 rings (SSSR count). The molecule has 1 atom stereocenters. The first kappa shape index (κ1) is 10.7. The third-order valence-corrected chi connectivity index (χ3v) is 3.73. The number of hydrogen-bond donors (Lipinski definition) is 0. The van der Waals surface area contributed by atoms with Gasteiger partial charge in [0.25, 0.3) is 0 Å². The molecule has 0 radical (unpaired) electrons. The van der Waals surface area contributed by atoms with E-state index in [2.05, 4.69) is 44.2 Å². The molecule has 1 aromatic carbocycles. The van der Waals surface area contributed by atoms with Crippen LogP contribution < -0.4 is 0 Å². The maximum Gasteiger partial charge on any atom is -0.0157 e. The lowest BCUT2D eigenvalue weighted by atomic mass is 9.79. The summed E-state index contributed by atoms with van der Waals surface area (Å²) in [6.07, 6.45) is 6.96. The summed E-state index contributed by atoms with van der Waals surface area (Å²) in [6, 6.07) is 11.1. The SMILES string of the molecule is CC1(C)CCCC[C@@H](c2ccccc2)C1. The molecular formula is C15H22. The van der Waals surface area contributed by atoms with E-state index in [4.69, 9.17) is 0 Å². The summed E-state index contributed by atoms with van der Waals surface area (Å²) in [7, 11) is 0. The molecule has 0 aliphatic heterocycles. The van der Waals surface area contributed by atoms with Crippen LogP contribution in [0.15, 0.2) is 30.3 Å². The van der Waals surface area contributed by atoms with Crippen LogP contribution in [-0.2, 0) is 0 Å². The van der Waals surface area contributed by atoms with Crippen molar-refractivity contribution in [3.05, 3.63) is 35.9 Å². The zero-order valence-corrected chi connectivity index (χ0v) is 10.00. The van der Waals surface area contributed by atoms with Crippen LogP contribution in [0.25, 0.3) is 0 Å². The van der Waals surface area contributed by atoms with Gasteiger partial charge in [0.2, 0.25) is 0 Å². The first-order chi connectivity index (χ1) is 7.17. The van der Waals surface area contributed by atoms with Gasteiger partial charge in [-0.15, -0.1) is 0 Å². The van der Waals surface area contributed by atoms with Crippen molar-refractivity contribution in [1.29, 1.82) is 0 Å². The Morgan fingerprint density at radius 2 is 1.80 bits per heavy atom. The molecule has 0 unspecified atom stereocenters. The molecule has 1 saturated carbocycles. The second-order valence-corrected chi connectivity index (χ2v) is 5.72. The highest BCUT2D eigenvalue weighted by molar-refractivity contribution is 5.20. The van der Waals surface area contributed by atoms with Crippen molar-refractivity contribution in [3.63, 3.8) is 0 Å². The fourth-order valence-corrected chi connectivity index (χ4v) is 2.88. The molecule has 0 heteroatoms. The molecule has 15 heavy (non-hydrogen) atoms. The van der Waals surface area contributed by atoms with E-state index < -0.39 is 0 Å². The van der Waals surface area contributed by atoms with Gasteiger partial charge in [0.15, 0.2) is 0 Å². The predicted molar refractivity (Wildman–Crippen MR) is 66.0 cm³/mol. The van der Waals surface area contributed by atoms with Gasteiger partial charge < -0.3 is 0 Å². The highest BCUT2D eigenvalue weighted by Crippen LogP contribution is 2.41. The van der Waals surface area contributed by atoms with Crippen LogP contribution in [0.3, 0.4) is 0 Å². The lowest BCUT2D eigenvalue weighted by molar-refractivity contribution is 0.298. The first-order valence-electron chi connectivity index (χ1n) is 6.22. The van der Waals surface area contributed by atoms with Crippen LogP contribution in [0.4, 0.5) is 0 Å². The second-order valence-electron chi connectivity index (χ2n) is 5.72. The van der Waals surface area contributed by atoms with Crippen molar-refractivity contribution < 1.29 is 0 Å². The Hall–Kier alpha value is -0.780. The van der Waals surface area contributed by atoms with Gasteiger partial charge in [-0.3, -0.25) is 0 Å². The van der Waals surface area contributed by atoms with E-state index in [9.17, 15) is 0 Å². The Labute approximate surface area is 93.7 Å². The van der Waals surface area contributed by atoms with E-state index in [-0.39, 0.29) is 0 Å². The average Bonchev–Trinajstić information content (AvgIpc) is 2.41. The Morgan fingerprint density at radius 1 is 1.07 bits per heavy atom.